The van der Waals surface area contributed by atoms with Crippen LogP contribution in [0.2, 0.25) is 0 Å². The van der Waals surface area contributed by atoms with E-state index in [9.17, 15) is 0 Å². The highest BCUT2D eigenvalue weighted by Crippen LogP contribution is 2.60. The summed E-state index contributed by atoms with van der Waals surface area (Å²) in [6.07, 6.45) is 10.7. The van der Waals surface area contributed by atoms with Gasteiger partial charge in [0.05, 0.1) is 11.7 Å². The van der Waals surface area contributed by atoms with Crippen LogP contribution in [0.25, 0.3) is 0 Å². The first-order valence-electron chi connectivity index (χ1n) is 7.06. The van der Waals surface area contributed by atoms with E-state index in [1.807, 2.05) is 0 Å². The summed E-state index contributed by atoms with van der Waals surface area (Å²) in [4.78, 5) is 0. The monoisotopic (exact) mass is 236 g/mol. The smallest absolute Gasteiger partial charge is 0.121 e. The van der Waals surface area contributed by atoms with Gasteiger partial charge in [0.25, 0.3) is 0 Å². The number of allylic oxidation sites excluding steroid dienone is 1. The zero-order valence-electron chi connectivity index (χ0n) is 11.3. The molecule has 2 aliphatic heterocycles. The Kier molecular flexibility index (Phi) is 2.64. The fourth-order valence-electron chi connectivity index (χ4n) is 3.50. The summed E-state index contributed by atoms with van der Waals surface area (Å²) in [6.45, 7) is 6.54. The van der Waals surface area contributed by atoms with Crippen LogP contribution < -0.4 is 0 Å². The van der Waals surface area contributed by atoms with Crippen molar-refractivity contribution in [1.82, 2.24) is 0 Å². The third-order valence-corrected chi connectivity index (χ3v) is 4.71. The highest BCUT2D eigenvalue weighted by molar-refractivity contribution is 5.21. The van der Waals surface area contributed by atoms with E-state index in [2.05, 4.69) is 26.8 Å². The lowest BCUT2D eigenvalue weighted by molar-refractivity contribution is 0.218. The van der Waals surface area contributed by atoms with Crippen LogP contribution in [0, 0.1) is 0 Å². The van der Waals surface area contributed by atoms with Crippen molar-refractivity contribution >= 4 is 0 Å². The molecule has 0 amide bonds. The molecule has 2 nitrogen and oxygen atoms in total. The van der Waals surface area contributed by atoms with Gasteiger partial charge in [0.2, 0.25) is 0 Å². The molecule has 0 bridgehead atoms. The third kappa shape index (κ3) is 1.96. The minimum absolute atomic E-state index is 0.0172. The molecule has 96 valence electrons. The van der Waals surface area contributed by atoms with Gasteiger partial charge in [-0.2, -0.15) is 0 Å². The van der Waals surface area contributed by atoms with Gasteiger partial charge in [0.15, 0.2) is 0 Å². The van der Waals surface area contributed by atoms with E-state index < -0.39 is 0 Å². The molecule has 0 radical (unpaired) electrons. The molecule has 0 aromatic carbocycles. The molecule has 3 atom stereocenters. The maximum absolute atomic E-state index is 6.06. The van der Waals surface area contributed by atoms with Crippen LogP contribution in [0.1, 0.15) is 59.3 Å². The van der Waals surface area contributed by atoms with Crippen molar-refractivity contribution in [3.05, 3.63) is 11.6 Å². The fraction of sp³-hybridized carbons (Fsp3) is 0.867. The summed E-state index contributed by atoms with van der Waals surface area (Å²) in [6, 6.07) is 0. The quantitative estimate of drug-likeness (QED) is 0.552. The van der Waals surface area contributed by atoms with Gasteiger partial charge >= 0.3 is 0 Å². The maximum Gasteiger partial charge on any atom is 0.121 e. The van der Waals surface area contributed by atoms with Gasteiger partial charge in [-0.25, -0.2) is 0 Å². The van der Waals surface area contributed by atoms with Crippen LogP contribution in [0.3, 0.4) is 0 Å². The Morgan fingerprint density at radius 3 is 2.53 bits per heavy atom. The highest BCUT2D eigenvalue weighted by Gasteiger charge is 2.73. The van der Waals surface area contributed by atoms with E-state index in [1.165, 1.54) is 37.7 Å². The van der Waals surface area contributed by atoms with Gasteiger partial charge in [0.1, 0.15) is 11.7 Å². The normalized spacial score (nSPS) is 42.3. The number of epoxide rings is 2. The summed E-state index contributed by atoms with van der Waals surface area (Å²) < 4.78 is 12.0. The molecule has 3 unspecified atom stereocenters. The largest absolute Gasteiger partial charge is 0.363 e. The van der Waals surface area contributed by atoms with E-state index in [1.54, 1.807) is 0 Å². The molecule has 1 saturated carbocycles. The van der Waals surface area contributed by atoms with Gasteiger partial charge < -0.3 is 9.47 Å². The molecular weight excluding hydrogens is 212 g/mol. The van der Waals surface area contributed by atoms with Gasteiger partial charge in [-0.1, -0.05) is 30.9 Å². The van der Waals surface area contributed by atoms with Crippen molar-refractivity contribution in [2.24, 2.45) is 0 Å². The summed E-state index contributed by atoms with van der Waals surface area (Å²) >= 11 is 0. The average molecular weight is 236 g/mol. The minimum atomic E-state index is 0.0172. The Hall–Kier alpha value is -0.340. The van der Waals surface area contributed by atoms with Gasteiger partial charge in [-0.3, -0.25) is 0 Å². The first kappa shape index (κ1) is 11.7. The van der Waals surface area contributed by atoms with Crippen LogP contribution in [0.15, 0.2) is 11.6 Å². The Bertz CT molecular complexity index is 337. The van der Waals surface area contributed by atoms with Gasteiger partial charge in [-0.05, 0) is 40.0 Å². The third-order valence-electron chi connectivity index (χ3n) is 4.71. The molecular formula is C15H24O2. The molecule has 0 N–H and O–H groups in total. The van der Waals surface area contributed by atoms with E-state index >= 15 is 0 Å². The fourth-order valence-corrected chi connectivity index (χ4v) is 3.50. The topological polar surface area (TPSA) is 25.1 Å². The van der Waals surface area contributed by atoms with Gasteiger partial charge in [-0.15, -0.1) is 0 Å². The lowest BCUT2D eigenvalue weighted by Gasteiger charge is -2.19. The number of ether oxygens (including phenoxy) is 2. The Balaban J connectivity index is 1.58. The minimum Gasteiger partial charge on any atom is -0.363 e. The molecule has 0 aromatic rings. The Morgan fingerprint density at radius 1 is 1.18 bits per heavy atom. The van der Waals surface area contributed by atoms with Crippen molar-refractivity contribution in [2.75, 3.05) is 0 Å². The van der Waals surface area contributed by atoms with Crippen LogP contribution in [-0.2, 0) is 9.47 Å². The molecule has 2 heterocycles. The molecule has 3 rings (SSSR count). The molecule has 3 fully saturated rings. The van der Waals surface area contributed by atoms with E-state index in [0.29, 0.717) is 12.2 Å². The second kappa shape index (κ2) is 3.83. The van der Waals surface area contributed by atoms with Crippen LogP contribution >= 0.6 is 0 Å². The summed E-state index contributed by atoms with van der Waals surface area (Å²) in [5.74, 6) is 0. The molecule has 17 heavy (non-hydrogen) atoms. The molecule has 3 aliphatic rings. The van der Waals surface area contributed by atoms with E-state index in [-0.39, 0.29) is 11.2 Å². The standard InChI is InChI=1S/C15H24O2/c1-11(2)7-8-12-14(3,16-12)13-15(17-13)9-5-4-6-10-15/h7,12-13H,4-6,8-10H2,1-3H3. The lowest BCUT2D eigenvalue weighted by Crippen LogP contribution is -2.28. The number of hydrogen-bond donors (Lipinski definition) is 0. The highest BCUT2D eigenvalue weighted by atomic mass is 16.7. The van der Waals surface area contributed by atoms with Crippen molar-refractivity contribution < 1.29 is 9.47 Å². The summed E-state index contributed by atoms with van der Waals surface area (Å²) in [7, 11) is 0. The first-order chi connectivity index (χ1) is 8.07. The lowest BCUT2D eigenvalue weighted by atomic mass is 9.81. The SMILES string of the molecule is CC(C)=CCC1OC1(C)C1OC12CCCCC2. The van der Waals surface area contributed by atoms with Crippen molar-refractivity contribution in [2.45, 2.75) is 82.7 Å². The number of hydrogen-bond acceptors (Lipinski definition) is 2. The van der Waals surface area contributed by atoms with Crippen molar-refractivity contribution in [3.63, 3.8) is 0 Å². The van der Waals surface area contributed by atoms with Gasteiger partial charge in [0, 0.05) is 0 Å². The van der Waals surface area contributed by atoms with Crippen molar-refractivity contribution in [3.8, 4) is 0 Å². The van der Waals surface area contributed by atoms with E-state index in [4.69, 9.17) is 9.47 Å². The van der Waals surface area contributed by atoms with E-state index in [0.717, 1.165) is 6.42 Å². The molecule has 2 heteroatoms. The predicted molar refractivity (Wildman–Crippen MR) is 68.0 cm³/mol. The number of rotatable bonds is 3. The first-order valence-corrected chi connectivity index (χ1v) is 7.06. The van der Waals surface area contributed by atoms with Crippen molar-refractivity contribution in [1.29, 1.82) is 0 Å². The summed E-state index contributed by atoms with van der Waals surface area (Å²) in [5, 5.41) is 0. The second-order valence-electron chi connectivity index (χ2n) is 6.43. The van der Waals surface area contributed by atoms with Crippen LogP contribution in [0.4, 0.5) is 0 Å². The molecule has 1 spiro atoms. The maximum atomic E-state index is 6.06. The molecule has 0 aromatic heterocycles. The average Bonchev–Trinajstić information content (AvgIpc) is 3.16. The van der Waals surface area contributed by atoms with Crippen LogP contribution in [0.5, 0.6) is 0 Å². The van der Waals surface area contributed by atoms with Crippen LogP contribution in [-0.4, -0.2) is 23.4 Å². The Labute approximate surface area is 104 Å². The summed E-state index contributed by atoms with van der Waals surface area (Å²) in [5.41, 5.74) is 1.61. The Morgan fingerprint density at radius 2 is 1.88 bits per heavy atom. The molecule has 1 aliphatic carbocycles. The molecule has 2 saturated heterocycles. The zero-order valence-corrected chi connectivity index (χ0v) is 11.3. The second-order valence-corrected chi connectivity index (χ2v) is 6.43. The zero-order chi connectivity index (χ0) is 12.1. The predicted octanol–water partition coefficient (Wildman–Crippen LogP) is 3.60.